The van der Waals surface area contributed by atoms with Gasteiger partial charge in [-0.25, -0.2) is 0 Å². The number of ketones is 2. The first-order valence-electron chi connectivity index (χ1n) is 14.0. The Kier molecular flexibility index (Phi) is 10.7. The largest absolute Gasteiger partial charge is 0.508 e. The van der Waals surface area contributed by atoms with Crippen molar-refractivity contribution in [2.75, 3.05) is 14.2 Å². The average molecular weight is 605 g/mol. The summed E-state index contributed by atoms with van der Waals surface area (Å²) < 4.78 is 16.1. The van der Waals surface area contributed by atoms with E-state index in [2.05, 4.69) is 0 Å². The number of esters is 1. The summed E-state index contributed by atoms with van der Waals surface area (Å²) in [6.45, 7) is 1.70. The minimum absolute atomic E-state index is 0.0137. The van der Waals surface area contributed by atoms with Gasteiger partial charge < -0.3 is 24.4 Å². The number of hydrogen-bond acceptors (Lipinski definition) is 8. The van der Waals surface area contributed by atoms with Crippen LogP contribution in [0, 0.1) is 0 Å². The molecule has 0 saturated heterocycles. The van der Waals surface area contributed by atoms with E-state index in [4.69, 9.17) is 14.2 Å². The highest BCUT2D eigenvalue weighted by Crippen LogP contribution is 2.31. The molecule has 0 unspecified atom stereocenters. The molecule has 0 saturated carbocycles. The molecule has 8 heteroatoms. The van der Waals surface area contributed by atoms with Crippen molar-refractivity contribution < 1.29 is 38.8 Å². The van der Waals surface area contributed by atoms with E-state index < -0.39 is 17.7 Å². The van der Waals surface area contributed by atoms with E-state index in [9.17, 15) is 24.6 Å². The number of carbonyl (C=O) groups excluding carboxylic acids is 3. The molecule has 0 fully saturated rings. The molecule has 0 aliphatic heterocycles. The van der Waals surface area contributed by atoms with Gasteiger partial charge in [0.05, 0.1) is 20.1 Å². The maximum atomic E-state index is 13.1. The van der Waals surface area contributed by atoms with Crippen LogP contribution in [0.1, 0.15) is 45.5 Å². The number of phenolic OH excluding ortho intramolecular Hbond substituents is 1. The Morgan fingerprint density at radius 1 is 0.711 bits per heavy atom. The summed E-state index contributed by atoms with van der Waals surface area (Å²) >= 11 is 0. The third-order valence-electron chi connectivity index (χ3n) is 6.82. The third-order valence-corrected chi connectivity index (χ3v) is 6.82. The quantitative estimate of drug-likeness (QED) is 0.0439. The second kappa shape index (κ2) is 15.0. The van der Waals surface area contributed by atoms with Gasteiger partial charge in [0.25, 0.3) is 0 Å². The molecular formula is C37H32O8. The monoisotopic (exact) mass is 604 g/mol. The molecule has 45 heavy (non-hydrogen) atoms. The van der Waals surface area contributed by atoms with Crippen molar-refractivity contribution in [3.05, 3.63) is 143 Å². The second-order valence-corrected chi connectivity index (χ2v) is 9.94. The molecule has 0 heterocycles. The molecule has 0 radical (unpaired) electrons. The topological polar surface area (TPSA) is 119 Å². The Bertz CT molecular complexity index is 1780. The van der Waals surface area contributed by atoms with Crippen LogP contribution in [-0.4, -0.2) is 42.0 Å². The molecule has 4 rings (SSSR count). The Balaban J connectivity index is 1.40. The zero-order valence-corrected chi connectivity index (χ0v) is 25.0. The summed E-state index contributed by atoms with van der Waals surface area (Å²) in [6.07, 6.45) is 6.79. The summed E-state index contributed by atoms with van der Waals surface area (Å²) in [5, 5.41) is 19.9. The van der Waals surface area contributed by atoms with Crippen LogP contribution in [0.15, 0.2) is 115 Å². The summed E-state index contributed by atoms with van der Waals surface area (Å²) in [7, 11) is 2.87. The number of ether oxygens (including phenoxy) is 3. The number of benzene rings is 4. The molecule has 0 aliphatic rings. The van der Waals surface area contributed by atoms with Gasteiger partial charge in [-0.05, 0) is 66.1 Å². The molecule has 4 aromatic rings. The summed E-state index contributed by atoms with van der Waals surface area (Å²) in [4.78, 5) is 38.2. The van der Waals surface area contributed by atoms with Crippen LogP contribution < -0.4 is 14.2 Å². The molecule has 8 nitrogen and oxygen atoms in total. The molecule has 4 aromatic carbocycles. The van der Waals surface area contributed by atoms with E-state index in [0.29, 0.717) is 27.8 Å². The summed E-state index contributed by atoms with van der Waals surface area (Å²) in [5.74, 6) is -1.30. The first-order chi connectivity index (χ1) is 21.7. The Hall–Kier alpha value is -5.89. The predicted octanol–water partition coefficient (Wildman–Crippen LogP) is 7.09. The van der Waals surface area contributed by atoms with Gasteiger partial charge in [0.15, 0.2) is 34.6 Å². The van der Waals surface area contributed by atoms with Crippen LogP contribution in [-0.2, 0) is 9.59 Å². The lowest BCUT2D eigenvalue weighted by Gasteiger charge is -2.15. The molecule has 2 N–H and O–H groups in total. The summed E-state index contributed by atoms with van der Waals surface area (Å²) in [5.41, 5.74) is 2.92. The van der Waals surface area contributed by atoms with Gasteiger partial charge in [0, 0.05) is 17.2 Å². The zero-order chi connectivity index (χ0) is 32.3. The van der Waals surface area contributed by atoms with Crippen molar-refractivity contribution in [2.24, 2.45) is 0 Å². The minimum atomic E-state index is -0.664. The maximum Gasteiger partial charge on any atom is 0.318 e. The van der Waals surface area contributed by atoms with Crippen molar-refractivity contribution in [2.45, 2.75) is 12.8 Å². The highest BCUT2D eigenvalue weighted by Gasteiger charge is 2.21. The normalized spacial score (nSPS) is 12.2. The predicted molar refractivity (Wildman–Crippen MR) is 172 cm³/mol. The number of allylic oxidation sites excluding steroid dienone is 3. The molecule has 0 amide bonds. The first-order valence-corrected chi connectivity index (χ1v) is 14.0. The lowest BCUT2D eigenvalue weighted by atomic mass is 9.96. The number of aromatic hydroxyl groups is 1. The third kappa shape index (κ3) is 8.58. The first kappa shape index (κ1) is 32.0. The van der Waals surface area contributed by atoms with E-state index in [1.54, 1.807) is 91.9 Å². The standard InChI is InChI=1S/C37H32O8/c1-24(28-10-7-11-29(22-28)36(41)27-8-5-4-6-9-27)37(42)45-33-19-15-26(21-35(33)44-3)13-17-31(39)23-30(38)16-12-25-14-18-32(40)34(20-25)43-2/h4-24,39-40H,1-3H3/b16-12+,17-13+,31-23?/t24-/m1/s1. The maximum absolute atomic E-state index is 13.1. The minimum Gasteiger partial charge on any atom is -0.508 e. The molecule has 1 atom stereocenters. The number of phenols is 1. The van der Waals surface area contributed by atoms with Gasteiger partial charge in [0.1, 0.15) is 5.76 Å². The number of methoxy groups -OCH3 is 2. The van der Waals surface area contributed by atoms with E-state index in [1.165, 1.54) is 38.5 Å². The SMILES string of the molecule is COc1cc(/C=C/C(=O)C=C(O)/C=C/c2ccc(OC(=O)[C@H](C)c3cccc(C(=O)c4ccccc4)c3)c(OC)c2)ccc1O. The molecule has 228 valence electrons. The van der Waals surface area contributed by atoms with Crippen molar-refractivity contribution in [1.29, 1.82) is 0 Å². The average Bonchev–Trinajstić information content (AvgIpc) is 3.07. The van der Waals surface area contributed by atoms with Gasteiger partial charge in [-0.3, -0.25) is 14.4 Å². The highest BCUT2D eigenvalue weighted by molar-refractivity contribution is 6.09. The summed E-state index contributed by atoms with van der Waals surface area (Å²) in [6, 6.07) is 25.3. The van der Waals surface area contributed by atoms with Crippen molar-refractivity contribution >= 4 is 29.7 Å². The van der Waals surface area contributed by atoms with Crippen LogP contribution in [0.4, 0.5) is 0 Å². The number of carbonyl (C=O) groups is 3. The fourth-order valence-corrected chi connectivity index (χ4v) is 4.31. The van der Waals surface area contributed by atoms with Crippen LogP contribution in [0.2, 0.25) is 0 Å². The van der Waals surface area contributed by atoms with Crippen molar-refractivity contribution in [3.63, 3.8) is 0 Å². The fourth-order valence-electron chi connectivity index (χ4n) is 4.31. The fraction of sp³-hybridized carbons (Fsp3) is 0.108. The van der Waals surface area contributed by atoms with Gasteiger partial charge in [0.2, 0.25) is 0 Å². The van der Waals surface area contributed by atoms with Crippen LogP contribution in [0.3, 0.4) is 0 Å². The highest BCUT2D eigenvalue weighted by atomic mass is 16.6. The van der Waals surface area contributed by atoms with Gasteiger partial charge >= 0.3 is 5.97 Å². The van der Waals surface area contributed by atoms with E-state index in [0.717, 1.165) is 6.08 Å². The van der Waals surface area contributed by atoms with Crippen molar-refractivity contribution in [3.8, 4) is 23.0 Å². The lowest BCUT2D eigenvalue weighted by molar-refractivity contribution is -0.135. The zero-order valence-electron chi connectivity index (χ0n) is 25.0. The Labute approximate surface area is 261 Å². The second-order valence-electron chi connectivity index (χ2n) is 9.94. The smallest absolute Gasteiger partial charge is 0.318 e. The van der Waals surface area contributed by atoms with Gasteiger partial charge in [-0.2, -0.15) is 0 Å². The van der Waals surface area contributed by atoms with Crippen molar-refractivity contribution in [1.82, 2.24) is 0 Å². The number of aliphatic hydroxyl groups excluding tert-OH is 1. The molecule has 0 aliphatic carbocycles. The van der Waals surface area contributed by atoms with E-state index >= 15 is 0 Å². The number of rotatable bonds is 12. The van der Waals surface area contributed by atoms with Gasteiger partial charge in [-0.1, -0.05) is 72.8 Å². The molecular weight excluding hydrogens is 572 g/mol. The Morgan fingerprint density at radius 3 is 2.07 bits per heavy atom. The Morgan fingerprint density at radius 2 is 1.36 bits per heavy atom. The van der Waals surface area contributed by atoms with Gasteiger partial charge in [-0.15, -0.1) is 0 Å². The number of aliphatic hydroxyl groups is 1. The molecule has 0 aromatic heterocycles. The van der Waals surface area contributed by atoms with Crippen LogP contribution in [0.5, 0.6) is 23.0 Å². The molecule has 0 bridgehead atoms. The van der Waals surface area contributed by atoms with E-state index in [-0.39, 0.29) is 34.5 Å². The van der Waals surface area contributed by atoms with Crippen LogP contribution >= 0.6 is 0 Å². The number of hydrogen-bond donors (Lipinski definition) is 2. The molecule has 0 spiro atoms. The van der Waals surface area contributed by atoms with Crippen LogP contribution in [0.25, 0.3) is 12.2 Å². The lowest BCUT2D eigenvalue weighted by Crippen LogP contribution is -2.17. The van der Waals surface area contributed by atoms with E-state index in [1.807, 2.05) is 6.07 Å².